The zero-order valence-electron chi connectivity index (χ0n) is 5.33. The molecule has 0 amide bonds. The predicted molar refractivity (Wildman–Crippen MR) is 34.1 cm³/mol. The molecule has 0 aliphatic carbocycles. The molecular formula is C5H10O3S. The summed E-state index contributed by atoms with van der Waals surface area (Å²) >= 11 is 0. The molecule has 54 valence electrons. The van der Waals surface area contributed by atoms with Gasteiger partial charge in [0, 0.05) is 0 Å². The molecule has 3 nitrogen and oxygen atoms in total. The van der Waals surface area contributed by atoms with E-state index < -0.39 is 9.84 Å². The summed E-state index contributed by atoms with van der Waals surface area (Å²) in [6, 6.07) is 0. The van der Waals surface area contributed by atoms with Crippen molar-refractivity contribution in [3.63, 3.8) is 0 Å². The van der Waals surface area contributed by atoms with Gasteiger partial charge in [-0.3, -0.25) is 0 Å². The summed E-state index contributed by atoms with van der Waals surface area (Å²) in [7, 11) is -2.76. The summed E-state index contributed by atoms with van der Waals surface area (Å²) in [5.41, 5.74) is 0. The molecule has 0 radical (unpaired) electrons. The highest BCUT2D eigenvalue weighted by Crippen LogP contribution is 2.05. The molecule has 0 spiro atoms. The molecule has 0 bridgehead atoms. The lowest BCUT2D eigenvalue weighted by Gasteiger charge is -2.18. The van der Waals surface area contributed by atoms with Crippen molar-refractivity contribution in [2.24, 2.45) is 0 Å². The fourth-order valence-corrected chi connectivity index (χ4v) is 2.19. The molecule has 1 aliphatic rings. The van der Waals surface area contributed by atoms with Crippen LogP contribution in [-0.2, 0) is 14.6 Å². The first-order valence-electron chi connectivity index (χ1n) is 2.92. The van der Waals surface area contributed by atoms with E-state index in [1.807, 2.05) is 0 Å². The SMILES string of the molecule is C[C@H]1CS(=O)(=O)CCO1. The highest BCUT2D eigenvalue weighted by Gasteiger charge is 2.21. The molecule has 0 aromatic carbocycles. The molecular weight excluding hydrogens is 140 g/mol. The van der Waals surface area contributed by atoms with Gasteiger partial charge in [0.05, 0.1) is 24.2 Å². The minimum Gasteiger partial charge on any atom is -0.376 e. The maximum atomic E-state index is 10.8. The van der Waals surface area contributed by atoms with Crippen LogP contribution in [0.4, 0.5) is 0 Å². The van der Waals surface area contributed by atoms with Crippen LogP contribution in [0.15, 0.2) is 0 Å². The van der Waals surface area contributed by atoms with Crippen molar-refractivity contribution in [1.29, 1.82) is 0 Å². The van der Waals surface area contributed by atoms with E-state index in [0.717, 1.165) is 0 Å². The largest absolute Gasteiger partial charge is 0.376 e. The van der Waals surface area contributed by atoms with E-state index in [1.54, 1.807) is 6.92 Å². The average Bonchev–Trinajstić information content (AvgIpc) is 1.60. The fourth-order valence-electron chi connectivity index (χ4n) is 0.865. The van der Waals surface area contributed by atoms with E-state index in [1.165, 1.54) is 0 Å². The Balaban J connectivity index is 2.62. The van der Waals surface area contributed by atoms with Crippen molar-refractivity contribution in [2.45, 2.75) is 13.0 Å². The first-order valence-corrected chi connectivity index (χ1v) is 4.74. The Labute approximate surface area is 54.9 Å². The lowest BCUT2D eigenvalue weighted by Crippen LogP contribution is -2.32. The molecule has 1 atom stereocenters. The summed E-state index contributed by atoms with van der Waals surface area (Å²) in [6.45, 7) is 2.14. The zero-order valence-corrected chi connectivity index (χ0v) is 6.15. The van der Waals surface area contributed by atoms with Gasteiger partial charge in [-0.25, -0.2) is 8.42 Å². The van der Waals surface area contributed by atoms with Crippen LogP contribution in [0, 0.1) is 0 Å². The van der Waals surface area contributed by atoms with Crippen molar-refractivity contribution in [3.8, 4) is 0 Å². The molecule has 1 aliphatic heterocycles. The number of ether oxygens (including phenoxy) is 1. The minimum absolute atomic E-state index is 0.108. The van der Waals surface area contributed by atoms with Gasteiger partial charge in [-0.05, 0) is 6.92 Å². The van der Waals surface area contributed by atoms with Gasteiger partial charge in [-0.1, -0.05) is 0 Å². The van der Waals surface area contributed by atoms with E-state index in [4.69, 9.17) is 4.74 Å². The van der Waals surface area contributed by atoms with Crippen molar-refractivity contribution >= 4 is 9.84 Å². The number of hydrogen-bond donors (Lipinski definition) is 0. The summed E-state index contributed by atoms with van der Waals surface area (Å²) in [5.74, 6) is 0.379. The molecule has 1 heterocycles. The Kier molecular flexibility index (Phi) is 1.77. The van der Waals surface area contributed by atoms with Crippen molar-refractivity contribution in [1.82, 2.24) is 0 Å². The van der Waals surface area contributed by atoms with Crippen molar-refractivity contribution in [2.75, 3.05) is 18.1 Å². The normalized spacial score (nSPS) is 34.1. The van der Waals surface area contributed by atoms with Gasteiger partial charge in [0.1, 0.15) is 0 Å². The van der Waals surface area contributed by atoms with Gasteiger partial charge < -0.3 is 4.74 Å². The fraction of sp³-hybridized carbons (Fsp3) is 1.00. The topological polar surface area (TPSA) is 43.4 Å². The quantitative estimate of drug-likeness (QED) is 0.481. The number of hydrogen-bond acceptors (Lipinski definition) is 3. The van der Waals surface area contributed by atoms with Gasteiger partial charge in [0.15, 0.2) is 9.84 Å². The maximum absolute atomic E-state index is 10.8. The molecule has 0 N–H and O–H groups in total. The van der Waals surface area contributed by atoms with Gasteiger partial charge >= 0.3 is 0 Å². The van der Waals surface area contributed by atoms with Crippen LogP contribution in [-0.4, -0.2) is 32.6 Å². The summed E-state index contributed by atoms with van der Waals surface area (Å²) in [5, 5.41) is 0. The first kappa shape index (κ1) is 7.02. The van der Waals surface area contributed by atoms with Gasteiger partial charge in [0.25, 0.3) is 0 Å². The molecule has 1 saturated heterocycles. The highest BCUT2D eigenvalue weighted by molar-refractivity contribution is 7.91. The predicted octanol–water partition coefficient (Wildman–Crippen LogP) is -0.180. The van der Waals surface area contributed by atoms with E-state index in [0.29, 0.717) is 6.61 Å². The third-order valence-corrected chi connectivity index (χ3v) is 3.05. The zero-order chi connectivity index (χ0) is 6.91. The van der Waals surface area contributed by atoms with E-state index >= 15 is 0 Å². The minimum atomic E-state index is -2.76. The van der Waals surface area contributed by atoms with Crippen LogP contribution in [0.2, 0.25) is 0 Å². The molecule has 0 aromatic heterocycles. The number of sulfone groups is 1. The lowest BCUT2D eigenvalue weighted by atomic mass is 10.5. The second-order valence-corrected chi connectivity index (χ2v) is 4.52. The molecule has 9 heavy (non-hydrogen) atoms. The molecule has 0 aromatic rings. The highest BCUT2D eigenvalue weighted by atomic mass is 32.2. The molecule has 0 saturated carbocycles. The molecule has 4 heteroatoms. The maximum Gasteiger partial charge on any atom is 0.155 e. The second kappa shape index (κ2) is 2.27. The Morgan fingerprint density at radius 1 is 1.56 bits per heavy atom. The van der Waals surface area contributed by atoms with Crippen LogP contribution >= 0.6 is 0 Å². The Hall–Kier alpha value is -0.0900. The Bertz CT molecular complexity index is 182. The van der Waals surface area contributed by atoms with E-state index in [-0.39, 0.29) is 17.6 Å². The Morgan fingerprint density at radius 3 is 2.56 bits per heavy atom. The average molecular weight is 150 g/mol. The lowest BCUT2D eigenvalue weighted by molar-refractivity contribution is 0.0852. The Morgan fingerprint density at radius 2 is 2.22 bits per heavy atom. The molecule has 1 rings (SSSR count). The summed E-state index contributed by atoms with van der Waals surface area (Å²) < 4.78 is 26.6. The van der Waals surface area contributed by atoms with Gasteiger partial charge in [0.2, 0.25) is 0 Å². The summed E-state index contributed by atoms with van der Waals surface area (Å²) in [4.78, 5) is 0. The monoisotopic (exact) mass is 150 g/mol. The van der Waals surface area contributed by atoms with Crippen LogP contribution in [0.1, 0.15) is 6.92 Å². The van der Waals surface area contributed by atoms with Gasteiger partial charge in [-0.15, -0.1) is 0 Å². The summed E-state index contributed by atoms with van der Waals surface area (Å²) in [6.07, 6.45) is -0.108. The smallest absolute Gasteiger partial charge is 0.155 e. The van der Waals surface area contributed by atoms with Crippen LogP contribution < -0.4 is 0 Å². The molecule has 1 fully saturated rings. The van der Waals surface area contributed by atoms with E-state index in [9.17, 15) is 8.42 Å². The standard InChI is InChI=1S/C5H10O3S/c1-5-4-9(6,7)3-2-8-5/h5H,2-4H2,1H3/t5-/m0/s1. The van der Waals surface area contributed by atoms with E-state index in [2.05, 4.69) is 0 Å². The van der Waals surface area contributed by atoms with Crippen LogP contribution in [0.5, 0.6) is 0 Å². The number of rotatable bonds is 0. The van der Waals surface area contributed by atoms with Crippen molar-refractivity contribution < 1.29 is 13.2 Å². The third kappa shape index (κ3) is 1.95. The molecule has 0 unspecified atom stereocenters. The third-order valence-electron chi connectivity index (χ3n) is 1.29. The second-order valence-electron chi connectivity index (χ2n) is 2.30. The van der Waals surface area contributed by atoms with Crippen LogP contribution in [0.25, 0.3) is 0 Å². The van der Waals surface area contributed by atoms with Crippen LogP contribution in [0.3, 0.4) is 0 Å². The first-order chi connectivity index (χ1) is 4.10. The van der Waals surface area contributed by atoms with Gasteiger partial charge in [-0.2, -0.15) is 0 Å². The van der Waals surface area contributed by atoms with Crippen molar-refractivity contribution in [3.05, 3.63) is 0 Å².